The van der Waals surface area contributed by atoms with Crippen LogP contribution < -0.4 is 0 Å². The molecule has 19 nitrogen and oxygen atoms in total. The lowest BCUT2D eigenvalue weighted by Crippen LogP contribution is -2.33. The van der Waals surface area contributed by atoms with Crippen LogP contribution in [0.15, 0.2) is 0 Å². The summed E-state index contributed by atoms with van der Waals surface area (Å²) in [5, 5.41) is 49.8. The zero-order valence-corrected chi connectivity index (χ0v) is 38.9. The van der Waals surface area contributed by atoms with E-state index < -0.39 is 159 Å². The molecule has 402 valence electrons. The van der Waals surface area contributed by atoms with Gasteiger partial charge < -0.3 is 91.8 Å². The van der Waals surface area contributed by atoms with Gasteiger partial charge in [0, 0.05) is 55.0 Å². The molecule has 0 aromatic rings. The van der Waals surface area contributed by atoms with Gasteiger partial charge in [-0.25, -0.2) is 0 Å². The van der Waals surface area contributed by atoms with Crippen LogP contribution in [0.5, 0.6) is 0 Å². The zero-order chi connectivity index (χ0) is 74.8. The van der Waals surface area contributed by atoms with E-state index in [1.54, 1.807) is 0 Å². The van der Waals surface area contributed by atoms with Crippen molar-refractivity contribution in [2.45, 2.75) is 173 Å². The van der Waals surface area contributed by atoms with Crippen LogP contribution in [0.2, 0.25) is 0 Å². The van der Waals surface area contributed by atoms with E-state index >= 15 is 0 Å². The standard InChI is InChI=1S/5C7H12O3.2C7H12O2.CH4/c5*1-7(8)4-10-6-5(7)2-3-9-6;2*1-5-4-9-7-6(5)2-3-8-7;/h5*5-6,8H,2-4H2,1H3;2*5-7H,2-4H2,1H3;1H4/t7*5-,6-,7+;/m1111100./s1/i2*2D2,3D2,4D2,5D,6D;2*4D2,5D,6D;5D,6D;6D,7D;7D;. The van der Waals surface area contributed by atoms with Crippen LogP contribution in [-0.4, -0.2) is 190 Å². The van der Waals surface area contributed by atoms with Crippen molar-refractivity contribution in [2.75, 3.05) is 92.2 Å². The minimum absolute atomic E-state index is 0. The molecule has 0 aromatic carbocycles. The highest BCUT2D eigenvalue weighted by molar-refractivity contribution is 4.95. The lowest BCUT2D eigenvalue weighted by Gasteiger charge is -2.19. The third-order valence-corrected chi connectivity index (χ3v) is 12.3. The van der Waals surface area contributed by atoms with Crippen LogP contribution in [0.1, 0.15) is 140 Å². The molecule has 0 aromatic heterocycles. The highest BCUT2D eigenvalue weighted by Crippen LogP contribution is 2.42. The highest BCUT2D eigenvalue weighted by Gasteiger charge is 2.52. The van der Waals surface area contributed by atoms with Crippen molar-refractivity contribution in [3.63, 3.8) is 0 Å². The molecule has 19 heteroatoms. The third kappa shape index (κ3) is 13.2. The largest absolute Gasteiger partial charge is 0.387 e. The average molecular weight is 1020 g/mol. The van der Waals surface area contributed by atoms with Crippen LogP contribution in [0.4, 0.5) is 0 Å². The molecule has 0 saturated carbocycles. The fourth-order valence-electron chi connectivity index (χ4n) is 8.16. The summed E-state index contributed by atoms with van der Waals surface area (Å²) in [6.45, 7) is -4.41. The first-order chi connectivity index (χ1) is 42.9. The van der Waals surface area contributed by atoms with Gasteiger partial charge in [-0.1, -0.05) is 21.3 Å². The number of rotatable bonds is 0. The van der Waals surface area contributed by atoms with Crippen LogP contribution in [0.25, 0.3) is 0 Å². The minimum atomic E-state index is -3.14. The van der Waals surface area contributed by atoms with Gasteiger partial charge in [-0.2, -0.15) is 0 Å². The highest BCUT2D eigenvalue weighted by atomic mass is 16.7. The summed E-state index contributed by atoms with van der Waals surface area (Å²) in [6, 6.07) is 0. The molecule has 0 aliphatic carbocycles. The Morgan fingerprint density at radius 1 is 0.391 bits per heavy atom. The normalized spacial score (nSPS) is 77.5. The molecule has 21 atom stereocenters. The second-order valence-corrected chi connectivity index (χ2v) is 18.2. The van der Waals surface area contributed by atoms with Gasteiger partial charge >= 0.3 is 0 Å². The lowest BCUT2D eigenvalue weighted by molar-refractivity contribution is -0.0913. The van der Waals surface area contributed by atoms with Crippen LogP contribution in [0, 0.1) is 53.1 Å². The number of fused-ring (bicyclic) bond motifs is 7. The molecule has 14 aliphatic rings. The predicted molar refractivity (Wildman–Crippen MR) is 245 cm³/mol. The fourth-order valence-corrected chi connectivity index (χ4v) is 8.16. The number of hydrogen-bond donors (Lipinski definition) is 5. The van der Waals surface area contributed by atoms with Crippen molar-refractivity contribution in [2.24, 2.45) is 53.1 Å². The van der Waals surface area contributed by atoms with Crippen molar-refractivity contribution in [1.82, 2.24) is 0 Å². The maximum absolute atomic E-state index is 10.1. The van der Waals surface area contributed by atoms with Gasteiger partial charge in [0.2, 0.25) is 0 Å². The topological polar surface area (TPSA) is 230 Å². The summed E-state index contributed by atoms with van der Waals surface area (Å²) >= 11 is 0. The van der Waals surface area contributed by atoms with Gasteiger partial charge in [-0.3, -0.25) is 0 Å². The van der Waals surface area contributed by atoms with E-state index in [9.17, 15) is 25.5 Å². The van der Waals surface area contributed by atoms with Crippen LogP contribution in [-0.2, 0) is 66.3 Å². The molecule has 0 amide bonds. The first kappa shape index (κ1) is 28.9. The molecule has 0 bridgehead atoms. The molecule has 14 aliphatic heterocycles. The fraction of sp³-hybridized carbons (Fsp3) is 1.00. The molecule has 14 saturated heterocycles. The SMILES string of the molecule is C.[2H]C1([2H])O[C@@]2([2H])OCC[C@@]2([2H])[C@@]1(C)O.[2H]C1([2H])O[C@@]2([2H])OCC[C@@]2([2H])[C@@]1(C)O.[2H]C1([2H])O[C@]2([2H])OC([2H])([2H])[C@](C)(O)[C@]2([2H])C1([2H])[2H].[2H]C1([2H])O[C@]2([2H])OC([2H])([2H])[C@](C)(O)[C@]2([2H])C1([2H])[2H].[2H][C@]12OCC[C@@]1([2H])[C@@H](C)CO2.[2H][C@]12OCC[C@@]1([2H])[C@@](C)(O)CO2.[2H][C@]12OCC[C@H]1[C@@H](C)CO2. The molecular weight excluding hydrogens is 905 g/mol. The maximum atomic E-state index is 10.1. The van der Waals surface area contributed by atoms with E-state index in [1.165, 1.54) is 20.8 Å². The molecular formula is C50H88O19. The Kier molecular flexibility index (Phi) is 9.82. The molecule has 14 heterocycles. The summed E-state index contributed by atoms with van der Waals surface area (Å²) in [5.74, 6) is -10.8. The monoisotopic (exact) mass is 1020 g/mol. The summed E-state index contributed by atoms with van der Waals surface area (Å²) in [5.41, 5.74) is -10.9. The van der Waals surface area contributed by atoms with Crippen molar-refractivity contribution >= 4 is 0 Å². The molecule has 14 rings (SSSR count). The van der Waals surface area contributed by atoms with Gasteiger partial charge in [0.15, 0.2) is 43.9 Å². The summed E-state index contributed by atoms with van der Waals surface area (Å²) in [7, 11) is 0. The third-order valence-electron chi connectivity index (χ3n) is 12.3. The summed E-state index contributed by atoms with van der Waals surface area (Å²) in [6.07, 6.45) is -18.3. The van der Waals surface area contributed by atoms with Crippen molar-refractivity contribution < 1.29 is 132 Å². The number of ether oxygens (including phenoxy) is 14. The van der Waals surface area contributed by atoms with Crippen LogP contribution in [0.3, 0.4) is 0 Å². The first-order valence-electron chi connectivity index (χ1n) is 36.8. The molecule has 14 fully saturated rings. The van der Waals surface area contributed by atoms with Gasteiger partial charge in [0.1, 0.15) is 0 Å². The first-order valence-corrected chi connectivity index (χ1v) is 22.3. The van der Waals surface area contributed by atoms with E-state index in [2.05, 4.69) is 25.9 Å². The lowest BCUT2D eigenvalue weighted by atomic mass is 9.91. The molecule has 0 radical (unpaired) electrons. The van der Waals surface area contributed by atoms with Gasteiger partial charge in [0.25, 0.3) is 0 Å². The predicted octanol–water partition coefficient (Wildman–Crippen LogP) is 3.32. The van der Waals surface area contributed by atoms with Gasteiger partial charge in [-0.05, 0) is 91.3 Å². The van der Waals surface area contributed by atoms with Gasteiger partial charge in [0.05, 0.1) is 146 Å². The van der Waals surface area contributed by atoms with Crippen molar-refractivity contribution in [3.8, 4) is 0 Å². The Balaban J connectivity index is 0.000000162. The molecule has 5 N–H and O–H groups in total. The van der Waals surface area contributed by atoms with Crippen LogP contribution >= 0.6 is 0 Å². The molecule has 0 spiro atoms. The number of aliphatic hydroxyl groups is 5. The Hall–Kier alpha value is -0.760. The number of hydrogen-bond acceptors (Lipinski definition) is 19. The Morgan fingerprint density at radius 3 is 1.19 bits per heavy atom. The second kappa shape index (κ2) is 23.4. The average Bonchev–Trinajstić information content (AvgIpc) is 1.49. The molecule has 0 unspecified atom stereocenters. The Bertz CT molecular complexity index is 2810. The summed E-state index contributed by atoms with van der Waals surface area (Å²) < 4.78 is 289. The van der Waals surface area contributed by atoms with E-state index in [0.29, 0.717) is 57.7 Å². The smallest absolute Gasteiger partial charge is 0.163 e. The zero-order valence-electron chi connectivity index (χ0n) is 67.9. The summed E-state index contributed by atoms with van der Waals surface area (Å²) in [4.78, 5) is 0. The Labute approximate surface area is 450 Å². The van der Waals surface area contributed by atoms with E-state index in [1.807, 2.05) is 6.92 Å². The van der Waals surface area contributed by atoms with Crippen molar-refractivity contribution in [3.05, 3.63) is 0 Å². The Morgan fingerprint density at radius 2 is 0.754 bits per heavy atom. The van der Waals surface area contributed by atoms with E-state index in [0.717, 1.165) is 20.3 Å². The quantitative estimate of drug-likeness (QED) is 0.234. The molecule has 69 heavy (non-hydrogen) atoms. The van der Waals surface area contributed by atoms with Crippen molar-refractivity contribution in [1.29, 1.82) is 0 Å². The van der Waals surface area contributed by atoms with Gasteiger partial charge in [-0.15, -0.1) is 0 Å². The van der Waals surface area contributed by atoms with E-state index in [-0.39, 0.29) is 46.0 Å². The maximum Gasteiger partial charge on any atom is 0.163 e. The van der Waals surface area contributed by atoms with E-state index in [4.69, 9.17) is 87.1 Å². The second-order valence-electron chi connectivity index (χ2n) is 18.2. The minimum Gasteiger partial charge on any atom is -0.387 e.